The molecule has 3 N–H and O–H groups in total. The summed E-state index contributed by atoms with van der Waals surface area (Å²) in [5.74, 6) is -6.57. The Morgan fingerprint density at radius 3 is 2.45 bits per heavy atom. The van der Waals surface area contributed by atoms with Crippen molar-refractivity contribution in [1.82, 2.24) is 9.97 Å². The third kappa shape index (κ3) is 6.26. The molecule has 3 fully saturated rings. The Morgan fingerprint density at radius 1 is 1.12 bits per heavy atom. The molecule has 42 heavy (non-hydrogen) atoms. The zero-order valence-electron chi connectivity index (χ0n) is 23.3. The third-order valence-electron chi connectivity index (χ3n) is 8.45. The minimum absolute atomic E-state index is 0.0655. The number of rotatable bonds is 9. The molecular formula is C27H34F4N6O4S. The highest BCUT2D eigenvalue weighted by molar-refractivity contribution is 7.92. The van der Waals surface area contributed by atoms with Crippen LogP contribution in [0.2, 0.25) is 0 Å². The first-order chi connectivity index (χ1) is 19.6. The van der Waals surface area contributed by atoms with Crippen LogP contribution in [0.15, 0.2) is 24.3 Å². The van der Waals surface area contributed by atoms with Crippen molar-refractivity contribution in [2.24, 2.45) is 11.3 Å². The number of hydrogen-bond donors (Lipinski definition) is 3. The maximum Gasteiger partial charge on any atom is 0.258 e. The maximum atomic E-state index is 14.3. The van der Waals surface area contributed by atoms with Crippen LogP contribution in [0.5, 0.6) is 0 Å². The number of benzene rings is 1. The first-order valence-corrected chi connectivity index (χ1v) is 15.4. The largest absolute Gasteiger partial charge is 0.395 e. The van der Waals surface area contributed by atoms with E-state index in [0.717, 1.165) is 6.92 Å². The number of carbonyl (C=O) groups excluding carboxylic acids is 1. The first kappa shape index (κ1) is 30.3. The SMILES string of the molecule is Cc1cc(NC(=O)c2ccc(NS(=O)(=O)CCO)cc2N2CC[C@]3(C(C)(F)F)C[C@@H]3C2)nc(N2CCC(F)(F)CC2)n1. The van der Waals surface area contributed by atoms with Gasteiger partial charge in [-0.2, -0.15) is 4.98 Å². The fraction of sp³-hybridized carbons (Fsp3) is 0.593. The monoisotopic (exact) mass is 614 g/mol. The van der Waals surface area contributed by atoms with Crippen molar-refractivity contribution < 1.29 is 35.9 Å². The average Bonchev–Trinajstić information content (AvgIpc) is 3.64. The Morgan fingerprint density at radius 2 is 1.81 bits per heavy atom. The van der Waals surface area contributed by atoms with Gasteiger partial charge in [0.2, 0.25) is 16.0 Å². The lowest BCUT2D eigenvalue weighted by atomic mass is 9.88. The number of amides is 1. The number of piperidine rings is 2. The Balaban J connectivity index is 1.41. The van der Waals surface area contributed by atoms with E-state index in [1.54, 1.807) is 17.9 Å². The van der Waals surface area contributed by atoms with Gasteiger partial charge in [-0.25, -0.2) is 31.0 Å². The second-order valence-corrected chi connectivity index (χ2v) is 13.4. The number of carbonyl (C=O) groups is 1. The molecule has 0 spiro atoms. The molecule has 2 aliphatic heterocycles. The van der Waals surface area contributed by atoms with E-state index in [2.05, 4.69) is 20.0 Å². The van der Waals surface area contributed by atoms with Gasteiger partial charge in [0.1, 0.15) is 5.82 Å². The highest BCUT2D eigenvalue weighted by Crippen LogP contribution is 2.66. The Kier molecular flexibility index (Phi) is 7.79. The zero-order chi connectivity index (χ0) is 30.5. The summed E-state index contributed by atoms with van der Waals surface area (Å²) >= 11 is 0. The second-order valence-electron chi connectivity index (χ2n) is 11.5. The van der Waals surface area contributed by atoms with Crippen molar-refractivity contribution in [1.29, 1.82) is 0 Å². The third-order valence-corrected chi connectivity index (χ3v) is 9.72. The summed E-state index contributed by atoms with van der Waals surface area (Å²) in [4.78, 5) is 25.7. The van der Waals surface area contributed by atoms with Crippen LogP contribution in [0.25, 0.3) is 0 Å². The highest BCUT2D eigenvalue weighted by atomic mass is 32.2. The second kappa shape index (κ2) is 10.8. The van der Waals surface area contributed by atoms with Crippen LogP contribution in [-0.4, -0.2) is 79.8 Å². The predicted molar refractivity (Wildman–Crippen MR) is 150 cm³/mol. The van der Waals surface area contributed by atoms with Gasteiger partial charge in [0.25, 0.3) is 17.8 Å². The van der Waals surface area contributed by atoms with Crippen LogP contribution in [0.1, 0.15) is 48.7 Å². The summed E-state index contributed by atoms with van der Waals surface area (Å²) in [5.41, 5.74) is 0.140. The van der Waals surface area contributed by atoms with Gasteiger partial charge in [0.05, 0.1) is 29.3 Å². The summed E-state index contributed by atoms with van der Waals surface area (Å²) in [7, 11) is -3.86. The van der Waals surface area contributed by atoms with Crippen molar-refractivity contribution in [3.05, 3.63) is 35.5 Å². The molecule has 230 valence electrons. The van der Waals surface area contributed by atoms with E-state index < -0.39 is 45.6 Å². The number of alkyl halides is 4. The number of halogens is 4. The fourth-order valence-corrected chi connectivity index (χ4v) is 6.80. The van der Waals surface area contributed by atoms with Gasteiger partial charge in [-0.3, -0.25) is 9.52 Å². The Hall–Kier alpha value is -3.20. The van der Waals surface area contributed by atoms with Crippen molar-refractivity contribution in [2.45, 2.75) is 51.4 Å². The molecule has 1 saturated carbocycles. The number of nitrogens with zero attached hydrogens (tertiary/aromatic N) is 4. The molecule has 1 amide bonds. The standard InChI is InChI=1S/C27H34F4N6O4S/c1-17-13-22(34-24(32-17)36-9-6-27(30,31)7-10-36)33-23(39)20-4-3-19(35-42(40,41)12-11-38)14-21(20)37-8-5-26(25(2,28)29)15-18(26)16-37/h3-4,13-14,18,35,38H,5-12,15-16H2,1-2H3,(H,32,33,34,39)/t18-,26+/m1/s1. The molecule has 2 saturated heterocycles. The lowest BCUT2D eigenvalue weighted by Gasteiger charge is -2.36. The van der Waals surface area contributed by atoms with Crippen molar-refractivity contribution in [2.75, 3.05) is 58.4 Å². The van der Waals surface area contributed by atoms with Crippen molar-refractivity contribution in [3.63, 3.8) is 0 Å². The molecule has 3 heterocycles. The molecule has 0 bridgehead atoms. The van der Waals surface area contributed by atoms with Gasteiger partial charge in [-0.05, 0) is 50.8 Å². The fourth-order valence-electron chi connectivity index (χ4n) is 5.97. The lowest BCUT2D eigenvalue weighted by Crippen LogP contribution is -2.42. The van der Waals surface area contributed by atoms with E-state index in [0.29, 0.717) is 17.8 Å². The van der Waals surface area contributed by atoms with Gasteiger partial charge in [0, 0.05) is 56.2 Å². The average molecular weight is 615 g/mol. The number of aliphatic hydroxyl groups is 1. The molecule has 3 aliphatic rings. The molecule has 5 rings (SSSR count). The van der Waals surface area contributed by atoms with Crippen LogP contribution in [0.3, 0.4) is 0 Å². The lowest BCUT2D eigenvalue weighted by molar-refractivity contribution is -0.0675. The van der Waals surface area contributed by atoms with E-state index in [9.17, 15) is 30.8 Å². The maximum absolute atomic E-state index is 14.3. The summed E-state index contributed by atoms with van der Waals surface area (Å²) in [5, 5.41) is 11.8. The summed E-state index contributed by atoms with van der Waals surface area (Å²) in [6.45, 7) is 2.69. The van der Waals surface area contributed by atoms with E-state index >= 15 is 0 Å². The predicted octanol–water partition coefficient (Wildman–Crippen LogP) is 3.88. The number of anilines is 4. The Labute approximate surface area is 241 Å². The van der Waals surface area contributed by atoms with E-state index in [1.807, 2.05) is 4.90 Å². The van der Waals surface area contributed by atoms with Crippen LogP contribution in [0, 0.1) is 18.3 Å². The van der Waals surface area contributed by atoms with Gasteiger partial charge < -0.3 is 20.2 Å². The number of nitrogens with one attached hydrogen (secondary N) is 2. The number of sulfonamides is 1. The minimum Gasteiger partial charge on any atom is -0.395 e. The van der Waals surface area contributed by atoms with E-state index in [1.165, 1.54) is 18.2 Å². The molecule has 1 aromatic heterocycles. The van der Waals surface area contributed by atoms with Crippen LogP contribution >= 0.6 is 0 Å². The van der Waals surface area contributed by atoms with E-state index in [4.69, 9.17) is 5.11 Å². The van der Waals surface area contributed by atoms with Crippen LogP contribution in [0.4, 0.5) is 40.7 Å². The molecule has 10 nitrogen and oxygen atoms in total. The zero-order valence-corrected chi connectivity index (χ0v) is 24.2. The molecule has 15 heteroatoms. The summed E-state index contributed by atoms with van der Waals surface area (Å²) in [6.07, 6.45) is -0.0769. The molecule has 1 aromatic carbocycles. The molecule has 2 atom stereocenters. The number of aryl methyl sites for hydroxylation is 1. The van der Waals surface area contributed by atoms with Gasteiger partial charge in [0.15, 0.2) is 0 Å². The van der Waals surface area contributed by atoms with Crippen LogP contribution in [-0.2, 0) is 10.0 Å². The Bertz CT molecular complexity index is 1460. The van der Waals surface area contributed by atoms with E-state index in [-0.39, 0.29) is 74.4 Å². The number of fused-ring (bicyclic) bond motifs is 1. The van der Waals surface area contributed by atoms with Crippen LogP contribution < -0.4 is 19.8 Å². The number of hydrogen-bond acceptors (Lipinski definition) is 8. The highest BCUT2D eigenvalue weighted by Gasteiger charge is 2.68. The summed E-state index contributed by atoms with van der Waals surface area (Å²) < 4.78 is 82.9. The molecular weight excluding hydrogens is 580 g/mol. The minimum atomic E-state index is -3.86. The smallest absolute Gasteiger partial charge is 0.258 e. The summed E-state index contributed by atoms with van der Waals surface area (Å²) in [6, 6.07) is 5.86. The number of aliphatic hydroxyl groups excluding tert-OH is 1. The molecule has 0 unspecified atom stereocenters. The van der Waals surface area contributed by atoms with Gasteiger partial charge >= 0.3 is 0 Å². The normalized spacial score (nSPS) is 23.7. The quantitative estimate of drug-likeness (QED) is 0.364. The first-order valence-electron chi connectivity index (χ1n) is 13.8. The number of aromatic nitrogens is 2. The van der Waals surface area contributed by atoms with Gasteiger partial charge in [-0.1, -0.05) is 0 Å². The van der Waals surface area contributed by atoms with Crippen molar-refractivity contribution >= 4 is 39.1 Å². The van der Waals surface area contributed by atoms with Crippen molar-refractivity contribution in [3.8, 4) is 0 Å². The topological polar surface area (TPSA) is 128 Å². The molecule has 0 radical (unpaired) electrons. The van der Waals surface area contributed by atoms with Gasteiger partial charge in [-0.15, -0.1) is 0 Å². The molecule has 2 aromatic rings. The molecule has 1 aliphatic carbocycles.